The van der Waals surface area contributed by atoms with Gasteiger partial charge >= 0.3 is 0 Å². The van der Waals surface area contributed by atoms with Crippen LogP contribution >= 0.6 is 11.6 Å². The molecule has 1 aromatic carbocycles. The standard InChI is InChI=1S/C17H27ClN2O/c1-13-8-10-20(12-17(13)21-3)11-9-16(19-2)14-4-6-15(18)7-5-14/h4-7,13,16-17,19H,8-12H2,1-3H3. The largest absolute Gasteiger partial charge is 0.380 e. The van der Waals surface area contributed by atoms with Gasteiger partial charge < -0.3 is 15.0 Å². The number of hydrogen-bond donors (Lipinski definition) is 1. The molecule has 118 valence electrons. The van der Waals surface area contributed by atoms with Crippen LogP contribution < -0.4 is 5.32 Å². The number of halogens is 1. The van der Waals surface area contributed by atoms with E-state index in [1.54, 1.807) is 0 Å². The van der Waals surface area contributed by atoms with Crippen molar-refractivity contribution in [2.75, 3.05) is 33.8 Å². The number of piperidine rings is 1. The summed E-state index contributed by atoms with van der Waals surface area (Å²) in [5.41, 5.74) is 1.30. The molecule has 0 spiro atoms. The molecule has 1 fully saturated rings. The van der Waals surface area contributed by atoms with E-state index in [1.807, 2.05) is 26.3 Å². The molecule has 4 heteroatoms. The van der Waals surface area contributed by atoms with Crippen molar-refractivity contribution < 1.29 is 4.74 Å². The Kier molecular flexibility index (Phi) is 6.49. The zero-order valence-corrected chi connectivity index (χ0v) is 14.1. The highest BCUT2D eigenvalue weighted by Crippen LogP contribution is 2.23. The molecule has 3 nitrogen and oxygen atoms in total. The number of nitrogens with zero attached hydrogens (tertiary/aromatic N) is 1. The molecule has 0 saturated carbocycles. The topological polar surface area (TPSA) is 24.5 Å². The quantitative estimate of drug-likeness (QED) is 0.872. The molecule has 0 amide bonds. The number of benzene rings is 1. The first-order valence-corrected chi connectivity index (χ1v) is 8.19. The average Bonchev–Trinajstić information content (AvgIpc) is 2.51. The fourth-order valence-electron chi connectivity index (χ4n) is 3.09. The molecular weight excluding hydrogens is 284 g/mol. The van der Waals surface area contributed by atoms with E-state index in [4.69, 9.17) is 16.3 Å². The molecule has 0 bridgehead atoms. The predicted octanol–water partition coefficient (Wildman–Crippen LogP) is 3.35. The molecule has 1 N–H and O–H groups in total. The van der Waals surface area contributed by atoms with Crippen LogP contribution in [0.2, 0.25) is 5.02 Å². The van der Waals surface area contributed by atoms with Gasteiger partial charge in [-0.3, -0.25) is 0 Å². The first-order chi connectivity index (χ1) is 10.1. The summed E-state index contributed by atoms with van der Waals surface area (Å²) >= 11 is 5.96. The van der Waals surface area contributed by atoms with E-state index >= 15 is 0 Å². The van der Waals surface area contributed by atoms with Gasteiger partial charge in [-0.25, -0.2) is 0 Å². The Labute approximate surface area is 133 Å². The Morgan fingerprint density at radius 1 is 1.38 bits per heavy atom. The highest BCUT2D eigenvalue weighted by atomic mass is 35.5. The molecule has 1 aliphatic heterocycles. The molecule has 0 aromatic heterocycles. The van der Waals surface area contributed by atoms with Crippen molar-refractivity contribution in [2.24, 2.45) is 5.92 Å². The number of nitrogens with one attached hydrogen (secondary N) is 1. The minimum Gasteiger partial charge on any atom is -0.380 e. The van der Waals surface area contributed by atoms with Crippen LogP contribution in [0.25, 0.3) is 0 Å². The van der Waals surface area contributed by atoms with Gasteiger partial charge in [0.25, 0.3) is 0 Å². The fraction of sp³-hybridized carbons (Fsp3) is 0.647. The molecule has 2 rings (SSSR count). The van der Waals surface area contributed by atoms with Gasteiger partial charge in [0.15, 0.2) is 0 Å². The van der Waals surface area contributed by atoms with E-state index in [2.05, 4.69) is 29.3 Å². The Morgan fingerprint density at radius 3 is 2.71 bits per heavy atom. The number of likely N-dealkylation sites (tertiary alicyclic amines) is 1. The minimum atomic E-state index is 0.377. The van der Waals surface area contributed by atoms with Crippen molar-refractivity contribution in [3.8, 4) is 0 Å². The Morgan fingerprint density at radius 2 is 2.10 bits per heavy atom. The molecule has 0 aliphatic carbocycles. The van der Waals surface area contributed by atoms with Gasteiger partial charge in [-0.05, 0) is 50.0 Å². The van der Waals surface area contributed by atoms with E-state index in [9.17, 15) is 0 Å². The maximum Gasteiger partial charge on any atom is 0.0724 e. The SMILES string of the molecule is CNC(CCN1CCC(C)C(OC)C1)c1ccc(Cl)cc1. The van der Waals surface area contributed by atoms with Crippen LogP contribution in [-0.2, 0) is 4.74 Å². The summed E-state index contributed by atoms with van der Waals surface area (Å²) in [5.74, 6) is 0.669. The molecule has 1 aliphatic rings. The minimum absolute atomic E-state index is 0.377. The molecule has 3 atom stereocenters. The van der Waals surface area contributed by atoms with Crippen molar-refractivity contribution in [3.63, 3.8) is 0 Å². The summed E-state index contributed by atoms with van der Waals surface area (Å²) in [6, 6.07) is 8.53. The van der Waals surface area contributed by atoms with Crippen molar-refractivity contribution in [3.05, 3.63) is 34.9 Å². The summed E-state index contributed by atoms with van der Waals surface area (Å²) in [7, 11) is 3.85. The summed E-state index contributed by atoms with van der Waals surface area (Å²) in [4.78, 5) is 2.52. The van der Waals surface area contributed by atoms with Crippen LogP contribution in [-0.4, -0.2) is 44.8 Å². The lowest BCUT2D eigenvalue weighted by molar-refractivity contribution is -0.00576. The maximum absolute atomic E-state index is 5.96. The van der Waals surface area contributed by atoms with E-state index in [0.717, 1.165) is 24.5 Å². The third-order valence-electron chi connectivity index (χ3n) is 4.63. The Hall–Kier alpha value is -0.610. The summed E-state index contributed by atoms with van der Waals surface area (Å²) < 4.78 is 5.59. The highest BCUT2D eigenvalue weighted by Gasteiger charge is 2.26. The molecule has 3 unspecified atom stereocenters. The van der Waals surface area contributed by atoms with Crippen molar-refractivity contribution >= 4 is 11.6 Å². The van der Waals surface area contributed by atoms with Gasteiger partial charge in [-0.15, -0.1) is 0 Å². The molecular formula is C17H27ClN2O. The fourth-order valence-corrected chi connectivity index (χ4v) is 3.22. The number of hydrogen-bond acceptors (Lipinski definition) is 3. The number of methoxy groups -OCH3 is 1. The zero-order chi connectivity index (χ0) is 15.2. The smallest absolute Gasteiger partial charge is 0.0724 e. The van der Waals surface area contributed by atoms with Crippen molar-refractivity contribution in [1.82, 2.24) is 10.2 Å². The van der Waals surface area contributed by atoms with Gasteiger partial charge in [0.2, 0.25) is 0 Å². The van der Waals surface area contributed by atoms with Crippen molar-refractivity contribution in [1.29, 1.82) is 0 Å². The highest BCUT2D eigenvalue weighted by molar-refractivity contribution is 6.30. The van der Waals surface area contributed by atoms with Gasteiger partial charge in [-0.1, -0.05) is 30.7 Å². The van der Waals surface area contributed by atoms with Crippen LogP contribution in [0.3, 0.4) is 0 Å². The first kappa shape index (κ1) is 16.8. The van der Waals surface area contributed by atoms with Crippen LogP contribution in [0.15, 0.2) is 24.3 Å². The zero-order valence-electron chi connectivity index (χ0n) is 13.3. The second kappa shape index (κ2) is 8.14. The van der Waals surface area contributed by atoms with Crippen molar-refractivity contribution in [2.45, 2.75) is 31.9 Å². The maximum atomic E-state index is 5.96. The summed E-state index contributed by atoms with van der Waals surface area (Å²) in [5, 5.41) is 4.20. The van der Waals surface area contributed by atoms with E-state index in [-0.39, 0.29) is 0 Å². The lowest BCUT2D eigenvalue weighted by atomic mass is 9.95. The second-order valence-corrected chi connectivity index (χ2v) is 6.46. The summed E-state index contributed by atoms with van der Waals surface area (Å²) in [6.45, 7) is 5.61. The lowest BCUT2D eigenvalue weighted by Gasteiger charge is -2.36. The van der Waals surface area contributed by atoms with Crippen LogP contribution in [0.5, 0.6) is 0 Å². The van der Waals surface area contributed by atoms with Gasteiger partial charge in [0.05, 0.1) is 6.10 Å². The number of ether oxygens (including phenoxy) is 1. The summed E-state index contributed by atoms with van der Waals surface area (Å²) in [6.07, 6.45) is 2.70. The van der Waals surface area contributed by atoms with E-state index in [0.29, 0.717) is 18.1 Å². The predicted molar refractivity (Wildman–Crippen MR) is 88.9 cm³/mol. The van der Waals surface area contributed by atoms with Gasteiger partial charge in [0.1, 0.15) is 0 Å². The normalized spacial score (nSPS) is 25.0. The van der Waals surface area contributed by atoms with Gasteiger partial charge in [0, 0.05) is 31.3 Å². The van der Waals surface area contributed by atoms with E-state index in [1.165, 1.54) is 18.5 Å². The molecule has 0 radical (unpaired) electrons. The molecule has 1 aromatic rings. The monoisotopic (exact) mass is 310 g/mol. The van der Waals surface area contributed by atoms with Gasteiger partial charge in [-0.2, -0.15) is 0 Å². The van der Waals surface area contributed by atoms with Crippen LogP contribution in [0.4, 0.5) is 0 Å². The Balaban J connectivity index is 1.87. The molecule has 1 heterocycles. The van der Waals surface area contributed by atoms with Crippen LogP contribution in [0, 0.1) is 5.92 Å². The third kappa shape index (κ3) is 4.68. The number of rotatable bonds is 6. The first-order valence-electron chi connectivity index (χ1n) is 7.82. The average molecular weight is 311 g/mol. The molecule has 21 heavy (non-hydrogen) atoms. The van der Waals surface area contributed by atoms with E-state index < -0.39 is 0 Å². The molecule has 1 saturated heterocycles. The lowest BCUT2D eigenvalue weighted by Crippen LogP contribution is -2.44. The Bertz CT molecular complexity index is 423. The van der Waals surface area contributed by atoms with Crippen LogP contribution in [0.1, 0.15) is 31.4 Å². The second-order valence-electron chi connectivity index (χ2n) is 6.02. The third-order valence-corrected chi connectivity index (χ3v) is 4.88.